The van der Waals surface area contributed by atoms with Crippen LogP contribution in [0.5, 0.6) is 5.75 Å². The molecule has 0 radical (unpaired) electrons. The molecule has 1 aromatic carbocycles. The van der Waals surface area contributed by atoms with Crippen molar-refractivity contribution in [2.24, 2.45) is 10.9 Å². The van der Waals surface area contributed by atoms with Crippen LogP contribution in [0.4, 0.5) is 5.82 Å². The molecule has 0 saturated heterocycles. The maximum Gasteiger partial charge on any atom is 0.190 e. The van der Waals surface area contributed by atoms with Gasteiger partial charge in [-0.15, -0.1) is 11.8 Å². The molecule has 2 aliphatic heterocycles. The topological polar surface area (TPSA) is 74.7 Å². The minimum Gasteiger partial charge on any atom is -0.461 e. The van der Waals surface area contributed by atoms with E-state index in [0.717, 1.165) is 45.3 Å². The number of hydrogen-bond acceptors (Lipinski definition) is 9. The molecule has 1 unspecified atom stereocenters. The number of aromatic nitrogens is 2. The predicted octanol–water partition coefficient (Wildman–Crippen LogP) is 4.94. The van der Waals surface area contributed by atoms with Gasteiger partial charge >= 0.3 is 0 Å². The van der Waals surface area contributed by atoms with E-state index in [0.29, 0.717) is 11.7 Å². The second-order valence-electron chi connectivity index (χ2n) is 7.63. The average Bonchev–Trinajstić information content (AvgIpc) is 3.21. The molecule has 0 spiro atoms. The fraction of sp³-hybridized carbons (Fsp3) is 0.409. The number of fused-ring (bicyclic) bond motifs is 3. The maximum absolute atomic E-state index is 5.79. The van der Waals surface area contributed by atoms with Crippen molar-refractivity contribution in [2.45, 2.75) is 50.0 Å². The van der Waals surface area contributed by atoms with Crippen LogP contribution < -0.4 is 15.5 Å². The molecular weight excluding hydrogens is 428 g/mol. The van der Waals surface area contributed by atoms with Crippen LogP contribution in [0.25, 0.3) is 0 Å². The highest BCUT2D eigenvalue weighted by Gasteiger charge is 2.39. The average molecular weight is 457 g/mol. The summed E-state index contributed by atoms with van der Waals surface area (Å²) in [7, 11) is 0. The molecule has 4 rings (SSSR count). The van der Waals surface area contributed by atoms with E-state index in [1.807, 2.05) is 36.6 Å². The Kier molecular flexibility index (Phi) is 6.92. The van der Waals surface area contributed by atoms with Gasteiger partial charge in [0, 0.05) is 5.75 Å². The van der Waals surface area contributed by atoms with Crippen LogP contribution in [0.3, 0.4) is 0 Å². The first-order valence-electron chi connectivity index (χ1n) is 10.5. The van der Waals surface area contributed by atoms with Gasteiger partial charge in [-0.3, -0.25) is 5.43 Å². The normalized spacial score (nSPS) is 18.4. The molecule has 0 amide bonds. The molecule has 9 heteroatoms. The van der Waals surface area contributed by atoms with E-state index in [1.54, 1.807) is 29.8 Å². The van der Waals surface area contributed by atoms with E-state index >= 15 is 0 Å². The first-order valence-corrected chi connectivity index (χ1v) is 12.7. The first-order chi connectivity index (χ1) is 15.1. The van der Waals surface area contributed by atoms with Gasteiger partial charge in [0.15, 0.2) is 16.8 Å². The van der Waals surface area contributed by atoms with Gasteiger partial charge in [-0.25, -0.2) is 20.0 Å². The van der Waals surface area contributed by atoms with Gasteiger partial charge in [0.05, 0.1) is 5.56 Å². The molecule has 31 heavy (non-hydrogen) atoms. The molecule has 0 saturated carbocycles. The van der Waals surface area contributed by atoms with E-state index < -0.39 is 0 Å². The standard InChI is InChI=1S/C22H28N6OS2/c1-5-6-12-31-22-25-18-17(21(26-22)30-4)20-23-16(13-29-15-10-8-7-9-11-15)27-28(20)19(24-18)14(2)3/h7-11,13-14,19,27H,5-6,12H2,1-4H3,(H,24,25,26). The fourth-order valence-corrected chi connectivity index (χ4v) is 4.89. The lowest BCUT2D eigenvalue weighted by Gasteiger charge is -2.38. The highest BCUT2D eigenvalue weighted by molar-refractivity contribution is 7.99. The van der Waals surface area contributed by atoms with Gasteiger partial charge in [-0.05, 0) is 30.7 Å². The summed E-state index contributed by atoms with van der Waals surface area (Å²) in [5.41, 5.74) is 4.31. The molecule has 0 fully saturated rings. The number of hydrazine groups is 1. The Balaban J connectivity index is 1.68. The van der Waals surface area contributed by atoms with Crippen molar-refractivity contribution in [3.63, 3.8) is 0 Å². The number of unbranched alkanes of at least 4 members (excludes halogenated alkanes) is 1. The molecule has 0 bridgehead atoms. The van der Waals surface area contributed by atoms with E-state index in [-0.39, 0.29) is 6.17 Å². The van der Waals surface area contributed by atoms with Crippen LogP contribution >= 0.6 is 23.5 Å². The number of hydrogen-bond donors (Lipinski definition) is 2. The number of anilines is 1. The minimum absolute atomic E-state index is 0.00646. The number of nitrogens with zero attached hydrogens (tertiary/aromatic N) is 4. The highest BCUT2D eigenvalue weighted by atomic mass is 32.2. The quantitative estimate of drug-likeness (QED) is 0.190. The number of thioether (sulfide) groups is 2. The molecular formula is C22H28N6OS2. The van der Waals surface area contributed by atoms with Gasteiger partial charge < -0.3 is 10.1 Å². The third-order valence-electron chi connectivity index (χ3n) is 4.93. The zero-order valence-electron chi connectivity index (χ0n) is 18.3. The van der Waals surface area contributed by atoms with E-state index in [1.165, 1.54) is 6.42 Å². The Bertz CT molecular complexity index is 979. The van der Waals surface area contributed by atoms with E-state index in [2.05, 4.69) is 36.5 Å². The second-order valence-corrected chi connectivity index (χ2v) is 9.48. The van der Waals surface area contributed by atoms with E-state index in [4.69, 9.17) is 19.7 Å². The number of aliphatic imine (C=N–C) groups is 1. The third-order valence-corrected chi connectivity index (χ3v) is 6.55. The molecule has 7 nitrogen and oxygen atoms in total. The maximum atomic E-state index is 5.79. The Morgan fingerprint density at radius 3 is 2.74 bits per heavy atom. The highest BCUT2D eigenvalue weighted by Crippen LogP contribution is 2.36. The Morgan fingerprint density at radius 2 is 2.03 bits per heavy atom. The van der Waals surface area contributed by atoms with Crippen LogP contribution in [-0.2, 0) is 0 Å². The smallest absolute Gasteiger partial charge is 0.190 e. The molecule has 2 aliphatic rings. The van der Waals surface area contributed by atoms with Crippen molar-refractivity contribution in [1.82, 2.24) is 20.4 Å². The van der Waals surface area contributed by atoms with E-state index in [9.17, 15) is 0 Å². The van der Waals surface area contributed by atoms with Gasteiger partial charge in [0.25, 0.3) is 0 Å². The van der Waals surface area contributed by atoms with Gasteiger partial charge in [0.1, 0.15) is 29.0 Å². The second kappa shape index (κ2) is 9.82. The zero-order valence-corrected chi connectivity index (χ0v) is 19.9. The lowest BCUT2D eigenvalue weighted by Crippen LogP contribution is -2.55. The van der Waals surface area contributed by atoms with Crippen molar-refractivity contribution < 1.29 is 4.74 Å². The summed E-state index contributed by atoms with van der Waals surface area (Å²) in [6.07, 6.45) is 6.01. The SMILES string of the molecule is CCCCSc1nc2c(c(SC)n1)C1=NC(=COc3ccccc3)NN1C(C(C)C)N2. The number of amidine groups is 1. The Hall–Kier alpha value is -2.39. The number of rotatable bonds is 8. The van der Waals surface area contributed by atoms with Crippen LogP contribution in [0.15, 0.2) is 57.6 Å². The van der Waals surface area contributed by atoms with Crippen molar-refractivity contribution in [1.29, 1.82) is 0 Å². The summed E-state index contributed by atoms with van der Waals surface area (Å²) in [6.45, 7) is 6.55. The van der Waals surface area contributed by atoms with Crippen LogP contribution in [0, 0.1) is 5.92 Å². The Morgan fingerprint density at radius 1 is 1.23 bits per heavy atom. The number of benzene rings is 1. The molecule has 3 heterocycles. The van der Waals surface area contributed by atoms with Gasteiger partial charge in [-0.1, -0.05) is 57.2 Å². The molecule has 0 aliphatic carbocycles. The van der Waals surface area contributed by atoms with Crippen LogP contribution in [-0.4, -0.2) is 39.0 Å². The lowest BCUT2D eigenvalue weighted by molar-refractivity contribution is 0.231. The zero-order chi connectivity index (χ0) is 21.8. The summed E-state index contributed by atoms with van der Waals surface area (Å²) in [5, 5.41) is 7.40. The van der Waals surface area contributed by atoms with Crippen molar-refractivity contribution >= 4 is 35.2 Å². The summed E-state index contributed by atoms with van der Waals surface area (Å²) >= 11 is 3.33. The summed E-state index contributed by atoms with van der Waals surface area (Å²) in [6, 6.07) is 9.68. The molecule has 2 N–H and O–H groups in total. The third kappa shape index (κ3) is 4.77. The molecule has 1 aromatic heterocycles. The monoisotopic (exact) mass is 456 g/mol. The van der Waals surface area contributed by atoms with Crippen molar-refractivity contribution in [2.75, 3.05) is 17.3 Å². The summed E-state index contributed by atoms with van der Waals surface area (Å²) in [5.74, 6) is 4.43. The Labute approximate surface area is 192 Å². The number of ether oxygens (including phenoxy) is 1. The van der Waals surface area contributed by atoms with Crippen molar-refractivity contribution in [3.05, 3.63) is 48.0 Å². The lowest BCUT2D eigenvalue weighted by atomic mass is 10.1. The first kappa shape index (κ1) is 21.8. The number of nitrogens with one attached hydrogen (secondary N) is 2. The fourth-order valence-electron chi connectivity index (χ4n) is 3.34. The summed E-state index contributed by atoms with van der Waals surface area (Å²) < 4.78 is 5.79. The largest absolute Gasteiger partial charge is 0.461 e. The number of para-hydroxylation sites is 1. The predicted molar refractivity (Wildman–Crippen MR) is 128 cm³/mol. The van der Waals surface area contributed by atoms with Gasteiger partial charge in [0.2, 0.25) is 0 Å². The van der Waals surface area contributed by atoms with Crippen molar-refractivity contribution in [3.8, 4) is 5.75 Å². The molecule has 2 aromatic rings. The minimum atomic E-state index is 0.00646. The van der Waals surface area contributed by atoms with Gasteiger partial charge in [-0.2, -0.15) is 0 Å². The summed E-state index contributed by atoms with van der Waals surface area (Å²) in [4.78, 5) is 14.5. The molecule has 1 atom stereocenters. The van der Waals surface area contributed by atoms with Crippen LogP contribution in [0.1, 0.15) is 39.2 Å². The van der Waals surface area contributed by atoms with Crippen LogP contribution in [0.2, 0.25) is 0 Å². The molecule has 164 valence electrons.